The minimum Gasteiger partial charge on any atom is -0.352 e. The van der Waals surface area contributed by atoms with Gasteiger partial charge in [-0.25, -0.2) is 8.42 Å². The zero-order valence-electron chi connectivity index (χ0n) is 15.5. The Kier molecular flexibility index (Phi) is 6.02. The molecule has 0 saturated carbocycles. The van der Waals surface area contributed by atoms with Gasteiger partial charge in [0.1, 0.15) is 0 Å². The van der Waals surface area contributed by atoms with Crippen LogP contribution in [-0.2, 0) is 21.2 Å². The summed E-state index contributed by atoms with van der Waals surface area (Å²) in [4.78, 5) is 13.3. The summed E-state index contributed by atoms with van der Waals surface area (Å²) >= 11 is 2.90. The molecule has 10 heteroatoms. The molecule has 1 aliphatic heterocycles. The summed E-state index contributed by atoms with van der Waals surface area (Å²) in [5.74, 6) is 0.905. The molecule has 1 N–H and O–H groups in total. The number of rotatable bonds is 7. The summed E-state index contributed by atoms with van der Waals surface area (Å²) in [5, 5.41) is 14.1. The van der Waals surface area contributed by atoms with Crippen LogP contribution < -0.4 is 5.32 Å². The maximum absolute atomic E-state index is 12.3. The van der Waals surface area contributed by atoms with Crippen molar-refractivity contribution in [3.05, 3.63) is 53.4 Å². The van der Waals surface area contributed by atoms with E-state index in [-0.39, 0.29) is 29.2 Å². The van der Waals surface area contributed by atoms with Crippen LogP contribution in [0.15, 0.2) is 53.0 Å². The van der Waals surface area contributed by atoms with E-state index in [0.29, 0.717) is 18.1 Å². The molecule has 0 spiro atoms. The summed E-state index contributed by atoms with van der Waals surface area (Å²) in [6.45, 7) is 0.603. The van der Waals surface area contributed by atoms with Crippen molar-refractivity contribution in [2.24, 2.45) is 0 Å². The molecule has 1 aliphatic rings. The maximum Gasteiger partial charge on any atom is 0.230 e. The van der Waals surface area contributed by atoms with Crippen LogP contribution in [0.25, 0.3) is 10.7 Å². The Balaban J connectivity index is 1.47. The molecular formula is C19H20N4O3S3. The van der Waals surface area contributed by atoms with Gasteiger partial charge in [0.2, 0.25) is 5.91 Å². The van der Waals surface area contributed by atoms with E-state index >= 15 is 0 Å². The lowest BCUT2D eigenvalue weighted by atomic mass is 10.2. The number of carbonyl (C=O) groups excluding carboxylic acids is 1. The smallest absolute Gasteiger partial charge is 0.230 e. The van der Waals surface area contributed by atoms with E-state index in [4.69, 9.17) is 0 Å². The third-order valence-electron chi connectivity index (χ3n) is 4.57. The quantitative estimate of drug-likeness (QED) is 0.558. The number of amides is 1. The molecule has 29 heavy (non-hydrogen) atoms. The average molecular weight is 449 g/mol. The molecule has 2 aromatic heterocycles. The molecule has 0 radical (unpaired) electrons. The number of thiophene rings is 1. The number of nitrogens with zero attached hydrogens (tertiary/aromatic N) is 3. The number of sulfone groups is 1. The Bertz CT molecular complexity index is 1080. The second-order valence-electron chi connectivity index (χ2n) is 6.81. The molecule has 0 bridgehead atoms. The number of thioether (sulfide) groups is 1. The zero-order valence-corrected chi connectivity index (χ0v) is 18.0. The number of carbonyl (C=O) groups is 1. The third kappa shape index (κ3) is 5.06. The van der Waals surface area contributed by atoms with Crippen LogP contribution in [0, 0.1) is 0 Å². The van der Waals surface area contributed by atoms with E-state index in [1.54, 1.807) is 11.3 Å². The minimum absolute atomic E-state index is 0.0239. The highest BCUT2D eigenvalue weighted by Crippen LogP contribution is 2.28. The van der Waals surface area contributed by atoms with Crippen LogP contribution in [0.5, 0.6) is 0 Å². The Morgan fingerprint density at radius 3 is 2.72 bits per heavy atom. The van der Waals surface area contributed by atoms with Gasteiger partial charge >= 0.3 is 0 Å². The normalized spacial score (nSPS) is 18.0. The lowest BCUT2D eigenvalue weighted by Gasteiger charge is -2.12. The van der Waals surface area contributed by atoms with Gasteiger partial charge in [-0.3, -0.25) is 9.36 Å². The molecule has 0 aliphatic carbocycles. The number of aromatic nitrogens is 3. The molecule has 1 fully saturated rings. The lowest BCUT2D eigenvalue weighted by Crippen LogP contribution is -2.36. The number of hydrogen-bond acceptors (Lipinski definition) is 7. The van der Waals surface area contributed by atoms with Gasteiger partial charge in [-0.1, -0.05) is 48.2 Å². The highest BCUT2D eigenvalue weighted by molar-refractivity contribution is 7.99. The molecule has 4 rings (SSSR count). The number of benzene rings is 1. The highest BCUT2D eigenvalue weighted by atomic mass is 32.2. The van der Waals surface area contributed by atoms with Gasteiger partial charge < -0.3 is 5.32 Å². The SMILES string of the molecule is O=C(CSc1nnc(-c2cccs2)n1Cc1ccccc1)NC1CCS(=O)(=O)C1. The summed E-state index contributed by atoms with van der Waals surface area (Å²) in [5.41, 5.74) is 1.12. The van der Waals surface area contributed by atoms with Crippen molar-refractivity contribution in [2.45, 2.75) is 24.2 Å². The molecule has 7 nitrogen and oxygen atoms in total. The van der Waals surface area contributed by atoms with Crippen molar-refractivity contribution in [2.75, 3.05) is 17.3 Å². The highest BCUT2D eigenvalue weighted by Gasteiger charge is 2.29. The van der Waals surface area contributed by atoms with Gasteiger partial charge in [0.25, 0.3) is 0 Å². The first-order chi connectivity index (χ1) is 14.0. The van der Waals surface area contributed by atoms with E-state index in [0.717, 1.165) is 16.3 Å². The van der Waals surface area contributed by atoms with Gasteiger partial charge in [-0.05, 0) is 23.4 Å². The van der Waals surface area contributed by atoms with Gasteiger partial charge in [-0.15, -0.1) is 21.5 Å². The first-order valence-electron chi connectivity index (χ1n) is 9.14. The average Bonchev–Trinajstić information content (AvgIpc) is 3.42. The van der Waals surface area contributed by atoms with Gasteiger partial charge in [-0.2, -0.15) is 0 Å². The predicted molar refractivity (Wildman–Crippen MR) is 115 cm³/mol. The topological polar surface area (TPSA) is 93.9 Å². The Hall–Kier alpha value is -2.17. The van der Waals surface area contributed by atoms with E-state index < -0.39 is 9.84 Å². The zero-order chi connectivity index (χ0) is 20.3. The standard InChI is InChI=1S/C19H20N4O3S3/c24-17(20-15-8-10-29(25,26)13-15)12-28-19-22-21-18(16-7-4-9-27-16)23(19)11-14-5-2-1-3-6-14/h1-7,9,15H,8,10-13H2,(H,20,24). The summed E-state index contributed by atoms with van der Waals surface area (Å²) < 4.78 is 25.1. The van der Waals surface area contributed by atoms with Gasteiger partial charge in [0, 0.05) is 6.04 Å². The number of hydrogen-bond donors (Lipinski definition) is 1. The van der Waals surface area contributed by atoms with Crippen molar-refractivity contribution in [1.82, 2.24) is 20.1 Å². The Morgan fingerprint density at radius 1 is 1.21 bits per heavy atom. The molecule has 1 unspecified atom stereocenters. The molecule has 3 aromatic rings. The molecule has 152 valence electrons. The van der Waals surface area contributed by atoms with Crippen molar-refractivity contribution >= 4 is 38.8 Å². The Labute approximate surface area is 177 Å². The second kappa shape index (κ2) is 8.68. The second-order valence-corrected chi connectivity index (χ2v) is 10.9. The van der Waals surface area contributed by atoms with Gasteiger partial charge in [0.15, 0.2) is 20.8 Å². The van der Waals surface area contributed by atoms with Crippen molar-refractivity contribution in [3.63, 3.8) is 0 Å². The van der Waals surface area contributed by atoms with E-state index in [1.165, 1.54) is 11.8 Å². The molecule has 1 saturated heterocycles. The maximum atomic E-state index is 12.3. The third-order valence-corrected chi connectivity index (χ3v) is 8.17. The fourth-order valence-corrected chi connectivity index (χ4v) is 6.34. The van der Waals surface area contributed by atoms with Crippen LogP contribution in [0.1, 0.15) is 12.0 Å². The lowest BCUT2D eigenvalue weighted by molar-refractivity contribution is -0.119. The molecular weight excluding hydrogens is 428 g/mol. The predicted octanol–water partition coefficient (Wildman–Crippen LogP) is 2.45. The van der Waals surface area contributed by atoms with Crippen LogP contribution in [0.3, 0.4) is 0 Å². The van der Waals surface area contributed by atoms with E-state index in [2.05, 4.69) is 15.5 Å². The Morgan fingerprint density at radius 2 is 2.03 bits per heavy atom. The van der Waals surface area contributed by atoms with Crippen LogP contribution in [0.4, 0.5) is 0 Å². The number of nitrogens with one attached hydrogen (secondary N) is 1. The molecule has 1 amide bonds. The fraction of sp³-hybridized carbons (Fsp3) is 0.316. The van der Waals surface area contributed by atoms with Gasteiger partial charge in [0.05, 0.1) is 28.7 Å². The summed E-state index contributed by atoms with van der Waals surface area (Å²) in [7, 11) is -3.02. The molecule has 3 heterocycles. The molecule has 1 atom stereocenters. The molecule has 1 aromatic carbocycles. The fourth-order valence-electron chi connectivity index (χ4n) is 3.20. The van der Waals surface area contributed by atoms with Crippen molar-refractivity contribution < 1.29 is 13.2 Å². The van der Waals surface area contributed by atoms with E-state index in [1.807, 2.05) is 52.4 Å². The first-order valence-corrected chi connectivity index (χ1v) is 12.8. The van der Waals surface area contributed by atoms with Crippen LogP contribution in [-0.4, -0.2) is 52.4 Å². The van der Waals surface area contributed by atoms with Crippen LogP contribution in [0.2, 0.25) is 0 Å². The van der Waals surface area contributed by atoms with Crippen molar-refractivity contribution in [1.29, 1.82) is 0 Å². The van der Waals surface area contributed by atoms with E-state index in [9.17, 15) is 13.2 Å². The minimum atomic E-state index is -3.02. The summed E-state index contributed by atoms with van der Waals surface area (Å²) in [6.07, 6.45) is 0.478. The summed E-state index contributed by atoms with van der Waals surface area (Å²) in [6, 6.07) is 13.7. The largest absolute Gasteiger partial charge is 0.352 e. The monoisotopic (exact) mass is 448 g/mol. The van der Waals surface area contributed by atoms with Crippen LogP contribution >= 0.6 is 23.1 Å². The van der Waals surface area contributed by atoms with Crippen molar-refractivity contribution in [3.8, 4) is 10.7 Å². The first kappa shape index (κ1) is 20.1.